The van der Waals surface area contributed by atoms with E-state index in [0.29, 0.717) is 5.33 Å². The van der Waals surface area contributed by atoms with Gasteiger partial charge in [-0.25, -0.2) is 0 Å². The second kappa shape index (κ2) is 9.38. The van der Waals surface area contributed by atoms with Gasteiger partial charge in [-0.05, 0) is 12.1 Å². The Morgan fingerprint density at radius 2 is 1.50 bits per heavy atom. The summed E-state index contributed by atoms with van der Waals surface area (Å²) in [7, 11) is 0. The van der Waals surface area contributed by atoms with E-state index < -0.39 is 0 Å². The van der Waals surface area contributed by atoms with Crippen LogP contribution in [0.2, 0.25) is 0 Å². The molecule has 1 N–H and O–H groups in total. The van der Waals surface area contributed by atoms with Crippen LogP contribution < -0.4 is 10.2 Å². The van der Waals surface area contributed by atoms with Crippen molar-refractivity contribution in [3.63, 3.8) is 0 Å². The zero-order valence-corrected chi connectivity index (χ0v) is 14.1. The molecule has 1 heterocycles. The smallest absolute Gasteiger partial charge is 0.173 e. The molecule has 0 aromatic heterocycles. The number of carbonyl (C=O) groups excluding carboxylic acids is 1. The molecule has 0 aliphatic carbocycles. The van der Waals surface area contributed by atoms with E-state index in [2.05, 4.69) is 56.5 Å². The summed E-state index contributed by atoms with van der Waals surface area (Å²) in [4.78, 5) is 13.4. The number of carbonyl (C=O) groups is 1. The molecule has 0 amide bonds. The van der Waals surface area contributed by atoms with E-state index in [1.54, 1.807) is 0 Å². The Kier molecular flexibility index (Phi) is 7.13. The van der Waals surface area contributed by atoms with Crippen molar-refractivity contribution in [2.24, 2.45) is 0 Å². The first-order valence-corrected chi connectivity index (χ1v) is 8.58. The fraction of sp³-hybridized carbons (Fsp3) is 0.278. The molecule has 1 saturated heterocycles. The zero-order valence-electron chi connectivity index (χ0n) is 12.5. The number of hydrogen-bond acceptors (Lipinski definition) is 3. The first-order chi connectivity index (χ1) is 10.8. The maximum atomic E-state index is 11.0. The molecule has 0 saturated carbocycles. The maximum Gasteiger partial charge on any atom is 0.173 e. The van der Waals surface area contributed by atoms with Crippen molar-refractivity contribution >= 4 is 27.4 Å². The predicted octanol–water partition coefficient (Wildman–Crippen LogP) is 3.36. The summed E-state index contributed by atoms with van der Waals surface area (Å²) in [5.74, 6) is 0.126. The molecule has 22 heavy (non-hydrogen) atoms. The minimum Gasteiger partial charge on any atom is -0.369 e. The number of Topliss-reactive ketones (excluding diaryl/α,β-unsaturated/α-hetero) is 1. The fourth-order valence-electron chi connectivity index (χ4n) is 2.26. The fourth-order valence-corrected chi connectivity index (χ4v) is 2.59. The number of anilines is 1. The zero-order chi connectivity index (χ0) is 15.6. The van der Waals surface area contributed by atoms with Crippen LogP contribution >= 0.6 is 15.9 Å². The normalized spacial score (nSPS) is 14.0. The van der Waals surface area contributed by atoms with Crippen LogP contribution in [-0.2, 0) is 0 Å². The topological polar surface area (TPSA) is 32.3 Å². The quantitative estimate of drug-likeness (QED) is 0.672. The average molecular weight is 361 g/mol. The van der Waals surface area contributed by atoms with Crippen LogP contribution in [0.15, 0.2) is 60.7 Å². The van der Waals surface area contributed by atoms with E-state index in [1.807, 2.05) is 30.3 Å². The highest BCUT2D eigenvalue weighted by Gasteiger charge is 2.08. The molecule has 3 nitrogen and oxygen atoms in total. The number of alkyl halides is 1. The Hall–Kier alpha value is -1.65. The molecule has 0 bridgehead atoms. The minimum atomic E-state index is 0.126. The molecule has 4 heteroatoms. The lowest BCUT2D eigenvalue weighted by Gasteiger charge is -2.29. The van der Waals surface area contributed by atoms with Crippen molar-refractivity contribution in [1.82, 2.24) is 5.32 Å². The highest BCUT2D eigenvalue weighted by Crippen LogP contribution is 2.12. The SMILES string of the molecule is O=C(CBr)c1ccccc1.c1ccc(N2CCNCC2)cc1. The van der Waals surface area contributed by atoms with Gasteiger partial charge >= 0.3 is 0 Å². The lowest BCUT2D eigenvalue weighted by molar-refractivity contribution is 0.102. The number of nitrogens with zero attached hydrogens (tertiary/aromatic N) is 1. The third-order valence-electron chi connectivity index (χ3n) is 3.46. The summed E-state index contributed by atoms with van der Waals surface area (Å²) < 4.78 is 0. The largest absolute Gasteiger partial charge is 0.369 e. The van der Waals surface area contributed by atoms with Gasteiger partial charge in [0.25, 0.3) is 0 Å². The van der Waals surface area contributed by atoms with Crippen molar-refractivity contribution < 1.29 is 4.79 Å². The molecular formula is C18H21BrN2O. The van der Waals surface area contributed by atoms with Crippen LogP contribution in [0.1, 0.15) is 10.4 Å². The molecule has 116 valence electrons. The Morgan fingerprint density at radius 1 is 0.955 bits per heavy atom. The summed E-state index contributed by atoms with van der Waals surface area (Å²) in [6, 6.07) is 19.8. The minimum absolute atomic E-state index is 0.126. The summed E-state index contributed by atoms with van der Waals surface area (Å²) in [6.07, 6.45) is 0. The van der Waals surface area contributed by atoms with Crippen molar-refractivity contribution in [3.05, 3.63) is 66.2 Å². The van der Waals surface area contributed by atoms with Crippen LogP contribution in [0, 0.1) is 0 Å². The number of hydrogen-bond donors (Lipinski definition) is 1. The van der Waals surface area contributed by atoms with Gasteiger partial charge in [0, 0.05) is 37.4 Å². The second-order valence-corrected chi connectivity index (χ2v) is 5.56. The number of para-hydroxylation sites is 1. The third kappa shape index (κ3) is 5.28. The van der Waals surface area contributed by atoms with E-state index in [9.17, 15) is 4.79 Å². The summed E-state index contributed by atoms with van der Waals surface area (Å²) in [5, 5.41) is 3.74. The van der Waals surface area contributed by atoms with Gasteiger partial charge in [0.15, 0.2) is 5.78 Å². The summed E-state index contributed by atoms with van der Waals surface area (Å²) in [5.41, 5.74) is 2.11. The molecule has 2 aromatic rings. The number of ketones is 1. The molecule has 0 unspecified atom stereocenters. The maximum absolute atomic E-state index is 11.0. The number of piperazine rings is 1. The van der Waals surface area contributed by atoms with Crippen molar-refractivity contribution in [2.75, 3.05) is 36.4 Å². The van der Waals surface area contributed by atoms with Crippen molar-refractivity contribution in [1.29, 1.82) is 0 Å². The molecular weight excluding hydrogens is 340 g/mol. The first kappa shape index (κ1) is 16.7. The molecule has 2 aromatic carbocycles. The van der Waals surface area contributed by atoms with Gasteiger partial charge in [-0.3, -0.25) is 4.79 Å². The van der Waals surface area contributed by atoms with Crippen LogP contribution in [0.3, 0.4) is 0 Å². The number of benzene rings is 2. The van der Waals surface area contributed by atoms with E-state index in [-0.39, 0.29) is 5.78 Å². The summed E-state index contributed by atoms with van der Waals surface area (Å²) >= 11 is 3.10. The Bertz CT molecular complexity index is 554. The average Bonchev–Trinajstić information content (AvgIpc) is 2.64. The molecule has 1 fully saturated rings. The molecule has 1 aliphatic rings. The van der Waals surface area contributed by atoms with Crippen molar-refractivity contribution in [2.45, 2.75) is 0 Å². The van der Waals surface area contributed by atoms with Gasteiger partial charge in [0.2, 0.25) is 0 Å². The lowest BCUT2D eigenvalue weighted by atomic mass is 10.2. The Balaban J connectivity index is 0.000000164. The van der Waals surface area contributed by atoms with E-state index in [4.69, 9.17) is 0 Å². The Labute approximate surface area is 140 Å². The third-order valence-corrected chi connectivity index (χ3v) is 3.96. The van der Waals surface area contributed by atoms with Gasteiger partial charge in [0.1, 0.15) is 0 Å². The summed E-state index contributed by atoms with van der Waals surface area (Å²) in [6.45, 7) is 4.47. The van der Waals surface area contributed by atoms with Crippen LogP contribution in [0.25, 0.3) is 0 Å². The van der Waals surface area contributed by atoms with Crippen LogP contribution in [-0.4, -0.2) is 37.3 Å². The van der Waals surface area contributed by atoms with Crippen LogP contribution in [0.4, 0.5) is 5.69 Å². The van der Waals surface area contributed by atoms with Gasteiger partial charge in [-0.1, -0.05) is 64.5 Å². The number of rotatable bonds is 3. The first-order valence-electron chi connectivity index (χ1n) is 7.46. The van der Waals surface area contributed by atoms with Gasteiger partial charge < -0.3 is 10.2 Å². The number of nitrogens with one attached hydrogen (secondary N) is 1. The molecule has 3 rings (SSSR count). The highest BCUT2D eigenvalue weighted by molar-refractivity contribution is 9.09. The predicted molar refractivity (Wildman–Crippen MR) is 96.1 cm³/mol. The van der Waals surface area contributed by atoms with E-state index in [1.165, 1.54) is 5.69 Å². The van der Waals surface area contributed by atoms with Gasteiger partial charge in [-0.2, -0.15) is 0 Å². The van der Waals surface area contributed by atoms with E-state index >= 15 is 0 Å². The Morgan fingerprint density at radius 3 is 2.05 bits per heavy atom. The van der Waals surface area contributed by atoms with Crippen molar-refractivity contribution in [3.8, 4) is 0 Å². The standard InChI is InChI=1S/C10H14N2.C8H7BrO/c1-2-4-10(5-3-1)12-8-6-11-7-9-12;9-6-8(10)7-4-2-1-3-5-7/h1-5,11H,6-9H2;1-5H,6H2. The van der Waals surface area contributed by atoms with Gasteiger partial charge in [0.05, 0.1) is 5.33 Å². The second-order valence-electron chi connectivity index (χ2n) is 5.00. The lowest BCUT2D eigenvalue weighted by Crippen LogP contribution is -2.43. The van der Waals surface area contributed by atoms with E-state index in [0.717, 1.165) is 31.7 Å². The highest BCUT2D eigenvalue weighted by atomic mass is 79.9. The van der Waals surface area contributed by atoms with Gasteiger partial charge in [-0.15, -0.1) is 0 Å². The number of halogens is 1. The monoisotopic (exact) mass is 360 g/mol. The molecule has 1 aliphatic heterocycles. The molecule has 0 radical (unpaired) electrons. The molecule has 0 spiro atoms. The van der Waals surface area contributed by atoms with Crippen LogP contribution in [0.5, 0.6) is 0 Å². The molecule has 0 atom stereocenters.